The fraction of sp³-hybridized carbons (Fsp3) is 0.588. The number of hydrogen-bond donors (Lipinski definition) is 0. The quantitative estimate of drug-likeness (QED) is 0.854. The second-order valence-corrected chi connectivity index (χ2v) is 6.62. The first-order chi connectivity index (χ1) is 10.7. The monoisotopic (exact) mass is 322 g/mol. The average molecular weight is 323 g/mol. The average Bonchev–Trinajstić information content (AvgIpc) is 2.90. The molecule has 120 valence electrons. The third-order valence-electron chi connectivity index (χ3n) is 4.80. The predicted octanol–water partition coefficient (Wildman–Crippen LogP) is 2.80. The van der Waals surface area contributed by atoms with Gasteiger partial charge in [-0.3, -0.25) is 4.79 Å². The number of nitrogens with zero attached hydrogens (tertiary/aromatic N) is 2. The molecule has 0 radical (unpaired) electrons. The number of rotatable bonds is 4. The van der Waals surface area contributed by atoms with Crippen LogP contribution in [0.5, 0.6) is 0 Å². The van der Waals surface area contributed by atoms with Gasteiger partial charge in [-0.2, -0.15) is 0 Å². The summed E-state index contributed by atoms with van der Waals surface area (Å²) >= 11 is 5.92. The maximum Gasteiger partial charge on any atom is 0.231 e. The molecule has 2 fully saturated rings. The second-order valence-electron chi connectivity index (χ2n) is 6.19. The van der Waals surface area contributed by atoms with Crippen LogP contribution in [0.25, 0.3) is 0 Å². The number of amides is 1. The molecule has 1 atom stereocenters. The first kappa shape index (κ1) is 15.8. The maximum absolute atomic E-state index is 12.6. The fourth-order valence-electron chi connectivity index (χ4n) is 3.42. The molecule has 22 heavy (non-hydrogen) atoms. The first-order valence-electron chi connectivity index (χ1n) is 7.99. The zero-order chi connectivity index (χ0) is 15.5. The molecule has 1 amide bonds. The van der Waals surface area contributed by atoms with E-state index in [0.29, 0.717) is 11.1 Å². The normalized spacial score (nSPS) is 24.2. The van der Waals surface area contributed by atoms with Crippen LogP contribution in [0.1, 0.15) is 19.3 Å². The summed E-state index contributed by atoms with van der Waals surface area (Å²) in [6, 6.07) is 7.53. The molecule has 1 aromatic rings. The van der Waals surface area contributed by atoms with Crippen LogP contribution in [0.4, 0.5) is 5.69 Å². The highest BCUT2D eigenvalue weighted by molar-refractivity contribution is 6.30. The summed E-state index contributed by atoms with van der Waals surface area (Å²) in [4.78, 5) is 16.9. The van der Waals surface area contributed by atoms with Gasteiger partial charge in [-0.05, 0) is 43.5 Å². The van der Waals surface area contributed by atoms with E-state index < -0.39 is 0 Å². The van der Waals surface area contributed by atoms with Crippen molar-refractivity contribution in [1.82, 2.24) is 4.90 Å². The van der Waals surface area contributed by atoms with Gasteiger partial charge in [-0.1, -0.05) is 11.6 Å². The van der Waals surface area contributed by atoms with E-state index in [1.54, 1.807) is 7.11 Å². The lowest BCUT2D eigenvalue weighted by atomic mass is 10.0. The molecule has 2 aliphatic heterocycles. The first-order valence-corrected chi connectivity index (χ1v) is 8.37. The van der Waals surface area contributed by atoms with Crippen molar-refractivity contribution in [1.29, 1.82) is 0 Å². The number of piperidine rings is 1. The van der Waals surface area contributed by atoms with Gasteiger partial charge in [-0.15, -0.1) is 0 Å². The Morgan fingerprint density at radius 1 is 1.14 bits per heavy atom. The Hall–Kier alpha value is -1.10. The number of methoxy groups -OCH3 is 1. The molecule has 0 aromatic heterocycles. The molecular weight excluding hydrogens is 300 g/mol. The molecule has 3 rings (SSSR count). The van der Waals surface area contributed by atoms with Crippen molar-refractivity contribution in [3.8, 4) is 0 Å². The molecule has 0 spiro atoms. The van der Waals surface area contributed by atoms with E-state index in [9.17, 15) is 4.79 Å². The Balaban J connectivity index is 1.56. The van der Waals surface area contributed by atoms with Gasteiger partial charge in [0.25, 0.3) is 0 Å². The molecule has 2 saturated heterocycles. The van der Waals surface area contributed by atoms with Crippen molar-refractivity contribution in [2.24, 2.45) is 5.92 Å². The van der Waals surface area contributed by atoms with E-state index in [-0.39, 0.29) is 11.8 Å². The third-order valence-corrected chi connectivity index (χ3v) is 5.05. The summed E-state index contributed by atoms with van der Waals surface area (Å²) in [7, 11) is 1.78. The van der Waals surface area contributed by atoms with Crippen molar-refractivity contribution >= 4 is 23.2 Å². The number of halogens is 1. The molecular formula is C17H23ClN2O2. The molecule has 0 saturated carbocycles. The van der Waals surface area contributed by atoms with Crippen LogP contribution in [-0.4, -0.2) is 50.2 Å². The van der Waals surface area contributed by atoms with E-state index in [2.05, 4.69) is 4.90 Å². The van der Waals surface area contributed by atoms with Gasteiger partial charge in [0, 0.05) is 44.0 Å². The number of carbonyl (C=O) groups excluding carboxylic acids is 1. The van der Waals surface area contributed by atoms with Crippen LogP contribution in [0.2, 0.25) is 5.02 Å². The highest BCUT2D eigenvalue weighted by Crippen LogP contribution is 2.27. The number of carbonyl (C=O) groups is 1. The zero-order valence-electron chi connectivity index (χ0n) is 13.0. The molecule has 2 aliphatic rings. The maximum atomic E-state index is 12.6. The summed E-state index contributed by atoms with van der Waals surface area (Å²) in [6.07, 6.45) is 3.46. The SMILES string of the molecule is COC1CCN(CC2CCN(c3ccc(Cl)cc3)C2=O)CC1. The van der Waals surface area contributed by atoms with Gasteiger partial charge in [-0.25, -0.2) is 0 Å². The largest absolute Gasteiger partial charge is 0.381 e. The molecule has 0 N–H and O–H groups in total. The smallest absolute Gasteiger partial charge is 0.231 e. The van der Waals surface area contributed by atoms with Crippen molar-refractivity contribution in [2.75, 3.05) is 38.2 Å². The number of ether oxygens (including phenoxy) is 1. The lowest BCUT2D eigenvalue weighted by molar-refractivity contribution is -0.121. The Bertz CT molecular complexity index is 512. The lowest BCUT2D eigenvalue weighted by Gasteiger charge is -2.32. The van der Waals surface area contributed by atoms with E-state index in [1.165, 1.54) is 0 Å². The molecule has 4 nitrogen and oxygen atoms in total. The number of hydrogen-bond acceptors (Lipinski definition) is 3. The second kappa shape index (κ2) is 6.99. The van der Waals surface area contributed by atoms with E-state index in [1.807, 2.05) is 29.2 Å². The summed E-state index contributed by atoms with van der Waals surface area (Å²) in [5, 5.41) is 0.702. The van der Waals surface area contributed by atoms with Gasteiger partial charge >= 0.3 is 0 Å². The topological polar surface area (TPSA) is 32.8 Å². The standard InChI is InChI=1S/C17H23ClN2O2/c1-22-16-7-9-19(10-8-16)12-13-6-11-20(17(13)21)15-4-2-14(18)3-5-15/h2-5,13,16H,6-12H2,1H3. The fourth-order valence-corrected chi connectivity index (χ4v) is 3.55. The Morgan fingerprint density at radius 2 is 1.82 bits per heavy atom. The van der Waals surface area contributed by atoms with Crippen LogP contribution in [0.3, 0.4) is 0 Å². The van der Waals surface area contributed by atoms with Gasteiger partial charge < -0.3 is 14.5 Å². The number of anilines is 1. The van der Waals surface area contributed by atoms with Crippen molar-refractivity contribution < 1.29 is 9.53 Å². The number of likely N-dealkylation sites (tertiary alicyclic amines) is 1. The Kier molecular flexibility index (Phi) is 5.01. The highest BCUT2D eigenvalue weighted by atomic mass is 35.5. The van der Waals surface area contributed by atoms with Crippen LogP contribution in [0.15, 0.2) is 24.3 Å². The van der Waals surface area contributed by atoms with Gasteiger partial charge in [0.05, 0.1) is 12.0 Å². The van der Waals surface area contributed by atoms with Gasteiger partial charge in [0.15, 0.2) is 0 Å². The molecule has 0 aliphatic carbocycles. The zero-order valence-corrected chi connectivity index (χ0v) is 13.8. The lowest BCUT2D eigenvalue weighted by Crippen LogP contribution is -2.41. The van der Waals surface area contributed by atoms with Crippen molar-refractivity contribution in [2.45, 2.75) is 25.4 Å². The summed E-state index contributed by atoms with van der Waals surface area (Å²) in [5.41, 5.74) is 0.954. The van der Waals surface area contributed by atoms with E-state index >= 15 is 0 Å². The van der Waals surface area contributed by atoms with Crippen LogP contribution in [-0.2, 0) is 9.53 Å². The Labute approximate surface area is 137 Å². The number of benzene rings is 1. The minimum atomic E-state index is 0.120. The third kappa shape index (κ3) is 3.45. The minimum Gasteiger partial charge on any atom is -0.381 e. The van der Waals surface area contributed by atoms with Gasteiger partial charge in [0.2, 0.25) is 5.91 Å². The van der Waals surface area contributed by atoms with Crippen molar-refractivity contribution in [3.63, 3.8) is 0 Å². The summed E-state index contributed by atoms with van der Waals surface area (Å²) < 4.78 is 5.40. The molecule has 1 unspecified atom stereocenters. The summed E-state index contributed by atoms with van der Waals surface area (Å²) in [6.45, 7) is 3.74. The van der Waals surface area contributed by atoms with Gasteiger partial charge in [0.1, 0.15) is 0 Å². The van der Waals surface area contributed by atoms with Crippen molar-refractivity contribution in [3.05, 3.63) is 29.3 Å². The predicted molar refractivity (Wildman–Crippen MR) is 88.4 cm³/mol. The molecule has 2 heterocycles. The molecule has 5 heteroatoms. The van der Waals surface area contributed by atoms with Crippen LogP contribution < -0.4 is 4.90 Å². The van der Waals surface area contributed by atoms with Crippen LogP contribution in [0, 0.1) is 5.92 Å². The van der Waals surface area contributed by atoms with E-state index in [4.69, 9.17) is 16.3 Å². The molecule has 1 aromatic carbocycles. The molecule has 0 bridgehead atoms. The minimum absolute atomic E-state index is 0.120. The Morgan fingerprint density at radius 3 is 2.45 bits per heavy atom. The van der Waals surface area contributed by atoms with Crippen LogP contribution >= 0.6 is 11.6 Å². The summed E-state index contributed by atoms with van der Waals surface area (Å²) in [5.74, 6) is 0.367. The highest BCUT2D eigenvalue weighted by Gasteiger charge is 2.34. The van der Waals surface area contributed by atoms with E-state index in [0.717, 1.165) is 51.1 Å².